The van der Waals surface area contributed by atoms with E-state index >= 15 is 0 Å². The minimum atomic E-state index is 0.0924. The Bertz CT molecular complexity index is 516. The maximum atomic E-state index is 11.5. The molecule has 88 valence electrons. The molecule has 0 aliphatic rings. The Morgan fingerprint density at radius 2 is 2.06 bits per heavy atom. The molecule has 1 aromatic heterocycles. The molecule has 0 bridgehead atoms. The summed E-state index contributed by atoms with van der Waals surface area (Å²) in [5.41, 5.74) is 1.05. The maximum Gasteiger partial charge on any atom is 0.191 e. The van der Waals surface area contributed by atoms with Gasteiger partial charge in [-0.1, -0.05) is 6.92 Å². The summed E-state index contributed by atoms with van der Waals surface area (Å²) >= 11 is 1.43. The molecule has 0 spiro atoms. The number of nitrogens with zero attached hydrogens (tertiary/aromatic N) is 1. The second kappa shape index (κ2) is 5.10. The lowest BCUT2D eigenvalue weighted by atomic mass is 10.2. The van der Waals surface area contributed by atoms with Crippen molar-refractivity contribution >= 4 is 17.1 Å². The number of rotatable bonds is 4. The highest BCUT2D eigenvalue weighted by Crippen LogP contribution is 2.28. The van der Waals surface area contributed by atoms with Crippen molar-refractivity contribution in [3.8, 4) is 16.2 Å². The maximum absolute atomic E-state index is 11.5. The van der Waals surface area contributed by atoms with Gasteiger partial charge in [0.2, 0.25) is 0 Å². The molecular formula is C13H13NO2S. The van der Waals surface area contributed by atoms with Gasteiger partial charge >= 0.3 is 0 Å². The Labute approximate surface area is 104 Å². The van der Waals surface area contributed by atoms with Crippen LogP contribution in [0.5, 0.6) is 5.75 Å². The van der Waals surface area contributed by atoms with Crippen molar-refractivity contribution in [3.05, 3.63) is 35.5 Å². The zero-order valence-corrected chi connectivity index (χ0v) is 10.6. The number of ether oxygens (including phenoxy) is 1. The van der Waals surface area contributed by atoms with Crippen LogP contribution in [-0.4, -0.2) is 17.9 Å². The van der Waals surface area contributed by atoms with E-state index in [2.05, 4.69) is 4.98 Å². The van der Waals surface area contributed by atoms with Crippen LogP contribution >= 0.6 is 11.3 Å². The standard InChI is InChI=1S/C13H13NO2S/c1-3-11(15)13-14-8-12(17-13)9-4-6-10(16-2)7-5-9/h4-8H,3H2,1-2H3. The summed E-state index contributed by atoms with van der Waals surface area (Å²) in [7, 11) is 1.64. The second-order valence-corrected chi connectivity index (χ2v) is 4.57. The van der Waals surface area contributed by atoms with Gasteiger partial charge in [0.1, 0.15) is 5.75 Å². The first kappa shape index (κ1) is 11.8. The van der Waals surface area contributed by atoms with Crippen LogP contribution in [0.4, 0.5) is 0 Å². The number of hydrogen-bond donors (Lipinski definition) is 0. The smallest absolute Gasteiger partial charge is 0.191 e. The molecule has 0 amide bonds. The lowest BCUT2D eigenvalue weighted by molar-refractivity contribution is 0.0988. The largest absolute Gasteiger partial charge is 0.497 e. The summed E-state index contributed by atoms with van der Waals surface area (Å²) in [6.07, 6.45) is 2.24. The van der Waals surface area contributed by atoms with E-state index < -0.39 is 0 Å². The molecular weight excluding hydrogens is 234 g/mol. The number of thiazole rings is 1. The van der Waals surface area contributed by atoms with Gasteiger partial charge in [0, 0.05) is 12.6 Å². The van der Waals surface area contributed by atoms with Crippen LogP contribution in [-0.2, 0) is 0 Å². The van der Waals surface area contributed by atoms with Crippen LogP contribution in [0.3, 0.4) is 0 Å². The quantitative estimate of drug-likeness (QED) is 0.777. The predicted molar refractivity (Wildman–Crippen MR) is 68.7 cm³/mol. The Morgan fingerprint density at radius 3 is 2.65 bits per heavy atom. The zero-order valence-electron chi connectivity index (χ0n) is 9.77. The van der Waals surface area contributed by atoms with E-state index in [1.54, 1.807) is 13.3 Å². The van der Waals surface area contributed by atoms with Gasteiger partial charge < -0.3 is 4.74 Å². The summed E-state index contributed by atoms with van der Waals surface area (Å²) in [6.45, 7) is 1.84. The van der Waals surface area contributed by atoms with Crippen molar-refractivity contribution in [1.29, 1.82) is 0 Å². The summed E-state index contributed by atoms with van der Waals surface area (Å²) in [6, 6.07) is 7.73. The van der Waals surface area contributed by atoms with Gasteiger partial charge in [0.25, 0.3) is 0 Å². The molecule has 2 rings (SSSR count). The van der Waals surface area contributed by atoms with Crippen molar-refractivity contribution < 1.29 is 9.53 Å². The Kier molecular flexibility index (Phi) is 3.54. The lowest BCUT2D eigenvalue weighted by Crippen LogP contribution is -1.93. The number of benzene rings is 1. The van der Waals surface area contributed by atoms with Crippen molar-refractivity contribution in [2.75, 3.05) is 7.11 Å². The first-order chi connectivity index (χ1) is 8.24. The van der Waals surface area contributed by atoms with E-state index in [1.165, 1.54) is 11.3 Å². The average Bonchev–Trinajstić information content (AvgIpc) is 2.87. The van der Waals surface area contributed by atoms with Crippen LogP contribution in [0.25, 0.3) is 10.4 Å². The molecule has 0 saturated carbocycles. The lowest BCUT2D eigenvalue weighted by Gasteiger charge is -2.00. The van der Waals surface area contributed by atoms with Crippen molar-refractivity contribution in [2.24, 2.45) is 0 Å². The molecule has 0 N–H and O–H groups in total. The van der Waals surface area contributed by atoms with Gasteiger partial charge in [-0.15, -0.1) is 11.3 Å². The number of carbonyl (C=O) groups excluding carboxylic acids is 1. The fourth-order valence-corrected chi connectivity index (χ4v) is 2.37. The highest BCUT2D eigenvalue weighted by Gasteiger charge is 2.10. The van der Waals surface area contributed by atoms with E-state index in [1.807, 2.05) is 31.2 Å². The molecule has 0 fully saturated rings. The molecule has 0 atom stereocenters. The van der Waals surface area contributed by atoms with E-state index in [9.17, 15) is 4.79 Å². The fraction of sp³-hybridized carbons (Fsp3) is 0.231. The third kappa shape index (κ3) is 2.53. The molecule has 1 aromatic carbocycles. The van der Waals surface area contributed by atoms with Gasteiger partial charge in [-0.3, -0.25) is 4.79 Å². The third-order valence-corrected chi connectivity index (χ3v) is 3.53. The topological polar surface area (TPSA) is 39.2 Å². The van der Waals surface area contributed by atoms with Crippen molar-refractivity contribution in [1.82, 2.24) is 4.98 Å². The average molecular weight is 247 g/mol. The van der Waals surface area contributed by atoms with Crippen LogP contribution < -0.4 is 4.74 Å². The summed E-state index contributed by atoms with van der Waals surface area (Å²) in [5.74, 6) is 0.915. The minimum Gasteiger partial charge on any atom is -0.497 e. The fourth-order valence-electron chi connectivity index (χ4n) is 1.44. The summed E-state index contributed by atoms with van der Waals surface area (Å²) < 4.78 is 5.10. The van der Waals surface area contributed by atoms with E-state index in [0.29, 0.717) is 11.4 Å². The number of Topliss-reactive ketones (excluding diaryl/α,β-unsaturated/α-hetero) is 1. The summed E-state index contributed by atoms with van der Waals surface area (Å²) in [4.78, 5) is 16.6. The van der Waals surface area contributed by atoms with Gasteiger partial charge in [0.15, 0.2) is 10.8 Å². The minimum absolute atomic E-state index is 0.0924. The van der Waals surface area contributed by atoms with Gasteiger partial charge in [-0.2, -0.15) is 0 Å². The van der Waals surface area contributed by atoms with Crippen LogP contribution in [0.2, 0.25) is 0 Å². The van der Waals surface area contributed by atoms with Crippen LogP contribution in [0, 0.1) is 0 Å². The third-order valence-electron chi connectivity index (χ3n) is 2.44. The Balaban J connectivity index is 2.27. The van der Waals surface area contributed by atoms with E-state index in [-0.39, 0.29) is 5.78 Å². The highest BCUT2D eigenvalue weighted by atomic mass is 32.1. The molecule has 0 saturated heterocycles. The van der Waals surface area contributed by atoms with Gasteiger partial charge in [-0.05, 0) is 29.8 Å². The van der Waals surface area contributed by atoms with Crippen LogP contribution in [0.15, 0.2) is 30.5 Å². The van der Waals surface area contributed by atoms with Crippen molar-refractivity contribution in [2.45, 2.75) is 13.3 Å². The first-order valence-corrected chi connectivity index (χ1v) is 6.19. The molecule has 0 radical (unpaired) electrons. The highest BCUT2D eigenvalue weighted by molar-refractivity contribution is 7.17. The molecule has 1 heterocycles. The molecule has 4 heteroatoms. The first-order valence-electron chi connectivity index (χ1n) is 5.38. The second-order valence-electron chi connectivity index (χ2n) is 3.53. The monoisotopic (exact) mass is 247 g/mol. The van der Waals surface area contributed by atoms with Gasteiger partial charge in [-0.25, -0.2) is 4.98 Å². The molecule has 3 nitrogen and oxygen atoms in total. The Hall–Kier alpha value is -1.68. The number of methoxy groups -OCH3 is 1. The number of aromatic nitrogens is 1. The molecule has 0 unspecified atom stereocenters. The predicted octanol–water partition coefficient (Wildman–Crippen LogP) is 3.41. The van der Waals surface area contributed by atoms with Crippen molar-refractivity contribution in [3.63, 3.8) is 0 Å². The normalized spacial score (nSPS) is 10.2. The molecule has 0 aliphatic carbocycles. The number of hydrogen-bond acceptors (Lipinski definition) is 4. The molecule has 2 aromatic rings. The SMILES string of the molecule is CCC(=O)c1ncc(-c2ccc(OC)cc2)s1. The van der Waals surface area contributed by atoms with Gasteiger partial charge in [0.05, 0.1) is 12.0 Å². The van der Waals surface area contributed by atoms with E-state index in [0.717, 1.165) is 16.2 Å². The molecule has 0 aliphatic heterocycles. The van der Waals surface area contributed by atoms with E-state index in [4.69, 9.17) is 4.74 Å². The Morgan fingerprint density at radius 1 is 1.35 bits per heavy atom. The zero-order chi connectivity index (χ0) is 12.3. The summed E-state index contributed by atoms with van der Waals surface area (Å²) in [5, 5.41) is 0.582. The molecule has 17 heavy (non-hydrogen) atoms. The number of carbonyl (C=O) groups is 1. The number of ketones is 1. The van der Waals surface area contributed by atoms with Crippen LogP contribution in [0.1, 0.15) is 23.1 Å².